The summed E-state index contributed by atoms with van der Waals surface area (Å²) in [5.41, 5.74) is 6.37. The molecule has 0 unspecified atom stereocenters. The summed E-state index contributed by atoms with van der Waals surface area (Å²) in [6.07, 6.45) is 8.07. The molecule has 55 heavy (non-hydrogen) atoms. The molecule has 0 saturated heterocycles. The zero-order valence-electron chi connectivity index (χ0n) is 34.9. The summed E-state index contributed by atoms with van der Waals surface area (Å²) >= 11 is 0. The standard InChI is InChI=1S/C45H67N3O7/c1-27(2)37-30(49)22-45(33(50)25-48(26-35(46)51)24-28-12-10-11-21-47-28)20-19-43(8)29(38(37)45)13-14-32-42(7)17-16-34(55-36(52)23-40(3,4)39(53)54)41(5,6)31(42)15-18-44(32,43)9/h10-12,21,27,29,31-34,50H,13-20,22-26H2,1-9H3,(H2,46,51)(H,53,54)/t29-,31-,32-,33+,34+,42+,43-,44-,45+/m1/s1. The van der Waals surface area contributed by atoms with Gasteiger partial charge in [-0.1, -0.05) is 60.1 Å². The summed E-state index contributed by atoms with van der Waals surface area (Å²) in [6, 6.07) is 5.66. The van der Waals surface area contributed by atoms with Gasteiger partial charge in [-0.2, -0.15) is 0 Å². The molecule has 0 aromatic carbocycles. The molecular formula is C45H67N3O7. The highest BCUT2D eigenvalue weighted by Gasteiger charge is 2.71. The second-order valence-corrected chi connectivity index (χ2v) is 20.5. The number of rotatable bonds is 12. The number of ether oxygens (including phenoxy) is 1. The third-order valence-corrected chi connectivity index (χ3v) is 16.4. The van der Waals surface area contributed by atoms with E-state index in [0.717, 1.165) is 56.2 Å². The average Bonchev–Trinajstić information content (AvgIpc) is 3.39. The number of hydrogen-bond acceptors (Lipinski definition) is 8. The van der Waals surface area contributed by atoms with Gasteiger partial charge in [0.25, 0.3) is 0 Å². The monoisotopic (exact) mass is 761 g/mol. The number of carboxylic acids is 1. The molecule has 6 rings (SSSR count). The Balaban J connectivity index is 1.29. The number of allylic oxidation sites excluding steroid dienone is 1. The number of aromatic nitrogens is 1. The summed E-state index contributed by atoms with van der Waals surface area (Å²) in [6.45, 7) is 20.0. The number of pyridine rings is 1. The molecule has 1 aromatic heterocycles. The third kappa shape index (κ3) is 6.79. The molecule has 5 aliphatic carbocycles. The van der Waals surface area contributed by atoms with E-state index in [1.165, 1.54) is 5.57 Å². The summed E-state index contributed by atoms with van der Waals surface area (Å²) in [4.78, 5) is 57.7. The lowest BCUT2D eigenvalue weighted by Gasteiger charge is -2.72. The van der Waals surface area contributed by atoms with Gasteiger partial charge in [0.05, 0.1) is 30.2 Å². The number of nitrogens with zero attached hydrogens (tertiary/aromatic N) is 2. The van der Waals surface area contributed by atoms with Crippen LogP contribution in [-0.4, -0.2) is 69.0 Å². The first kappa shape index (κ1) is 41.5. The first-order valence-electron chi connectivity index (χ1n) is 20.8. The molecular weight excluding hydrogens is 695 g/mol. The Bertz CT molecular complexity index is 1720. The summed E-state index contributed by atoms with van der Waals surface area (Å²) in [7, 11) is 0. The number of esters is 1. The van der Waals surface area contributed by atoms with Crippen LogP contribution < -0.4 is 5.73 Å². The van der Waals surface area contributed by atoms with Crippen LogP contribution in [0.25, 0.3) is 0 Å². The molecule has 1 amide bonds. The van der Waals surface area contributed by atoms with E-state index in [1.807, 2.05) is 23.1 Å². The molecule has 0 bridgehead atoms. The van der Waals surface area contributed by atoms with Crippen LogP contribution in [0.2, 0.25) is 0 Å². The van der Waals surface area contributed by atoms with Gasteiger partial charge in [-0.3, -0.25) is 29.1 Å². The minimum Gasteiger partial charge on any atom is -0.481 e. The quantitative estimate of drug-likeness (QED) is 0.189. The van der Waals surface area contributed by atoms with Crippen LogP contribution in [0.4, 0.5) is 0 Å². The molecule has 5 aliphatic rings. The first-order chi connectivity index (χ1) is 25.5. The maximum Gasteiger partial charge on any atom is 0.309 e. The number of aliphatic hydroxyl groups is 1. The highest BCUT2D eigenvalue weighted by molar-refractivity contribution is 6.00. The van der Waals surface area contributed by atoms with Crippen LogP contribution in [0.15, 0.2) is 35.5 Å². The van der Waals surface area contributed by atoms with Crippen molar-refractivity contribution in [2.24, 2.45) is 61.9 Å². The van der Waals surface area contributed by atoms with Crippen molar-refractivity contribution in [2.45, 2.75) is 145 Å². The van der Waals surface area contributed by atoms with Gasteiger partial charge in [-0.05, 0) is 123 Å². The molecule has 0 radical (unpaired) electrons. The number of aliphatic hydroxyl groups excluding tert-OH is 1. The van der Waals surface area contributed by atoms with E-state index < -0.39 is 34.8 Å². The molecule has 0 spiro atoms. The number of carbonyl (C=O) groups excluding carboxylic acids is 3. The molecule has 1 heterocycles. The van der Waals surface area contributed by atoms with Crippen molar-refractivity contribution < 1.29 is 34.1 Å². The summed E-state index contributed by atoms with van der Waals surface area (Å²) < 4.78 is 6.16. The zero-order valence-corrected chi connectivity index (χ0v) is 34.9. The van der Waals surface area contributed by atoms with Gasteiger partial charge in [0.2, 0.25) is 5.91 Å². The van der Waals surface area contributed by atoms with E-state index in [-0.39, 0.29) is 64.9 Å². The van der Waals surface area contributed by atoms with Crippen molar-refractivity contribution in [2.75, 3.05) is 13.1 Å². The van der Waals surface area contributed by atoms with E-state index in [1.54, 1.807) is 20.0 Å². The number of nitrogens with two attached hydrogens (primary N) is 1. The van der Waals surface area contributed by atoms with Gasteiger partial charge < -0.3 is 20.7 Å². The van der Waals surface area contributed by atoms with Gasteiger partial charge in [-0.25, -0.2) is 0 Å². The van der Waals surface area contributed by atoms with Crippen molar-refractivity contribution in [3.8, 4) is 0 Å². The van der Waals surface area contributed by atoms with Crippen LogP contribution >= 0.6 is 0 Å². The van der Waals surface area contributed by atoms with E-state index in [2.05, 4.69) is 53.5 Å². The second-order valence-electron chi connectivity index (χ2n) is 20.5. The predicted molar refractivity (Wildman–Crippen MR) is 210 cm³/mol. The summed E-state index contributed by atoms with van der Waals surface area (Å²) in [5.74, 6) is -0.800. The highest BCUT2D eigenvalue weighted by atomic mass is 16.5. The Kier molecular flexibility index (Phi) is 10.8. The molecule has 304 valence electrons. The number of carboxylic acid groups (broad SMARTS) is 1. The lowest BCUT2D eigenvalue weighted by molar-refractivity contribution is -0.235. The van der Waals surface area contributed by atoms with Crippen molar-refractivity contribution in [1.82, 2.24) is 9.88 Å². The fourth-order valence-electron chi connectivity index (χ4n) is 13.5. The number of primary amides is 1. The molecule has 9 atom stereocenters. The highest BCUT2D eigenvalue weighted by Crippen LogP contribution is 2.77. The number of carbonyl (C=O) groups is 4. The van der Waals surface area contributed by atoms with Gasteiger partial charge in [-0.15, -0.1) is 0 Å². The molecule has 0 aliphatic heterocycles. The average molecular weight is 762 g/mol. The van der Waals surface area contributed by atoms with Gasteiger partial charge in [0.15, 0.2) is 5.78 Å². The maximum atomic E-state index is 14.2. The number of fused-ring (bicyclic) bond motifs is 7. The Morgan fingerprint density at radius 3 is 2.31 bits per heavy atom. The van der Waals surface area contributed by atoms with Gasteiger partial charge in [0.1, 0.15) is 6.10 Å². The fourth-order valence-corrected chi connectivity index (χ4v) is 13.5. The van der Waals surface area contributed by atoms with Crippen LogP contribution in [0.3, 0.4) is 0 Å². The third-order valence-electron chi connectivity index (χ3n) is 16.4. The molecule has 4 fully saturated rings. The topological polar surface area (TPSA) is 160 Å². The number of amides is 1. The van der Waals surface area contributed by atoms with Crippen molar-refractivity contribution >= 4 is 23.6 Å². The number of Topliss-reactive ketones (excluding diaryl/α,β-unsaturated/α-hetero) is 1. The van der Waals surface area contributed by atoms with Crippen LogP contribution in [-0.2, 0) is 30.5 Å². The summed E-state index contributed by atoms with van der Waals surface area (Å²) in [5, 5.41) is 22.1. The minimum absolute atomic E-state index is 0.00881. The lowest BCUT2D eigenvalue weighted by Crippen LogP contribution is -2.66. The number of aliphatic carboxylic acids is 1. The SMILES string of the molecule is CC(C)C1=C2[C@H]3CC[C@@H]4[C@@]5(C)CC[C@H](OC(=O)CC(C)(C)C(=O)O)C(C)(C)[C@H]5CC[C@@]4(C)[C@]3(C)CC[C@@]2([C@@H](O)CN(CC(N)=O)Cc2ccccn2)CC1=O. The van der Waals surface area contributed by atoms with Crippen LogP contribution in [0.5, 0.6) is 0 Å². The second kappa shape index (κ2) is 14.4. The molecule has 1 aromatic rings. The molecule has 10 nitrogen and oxygen atoms in total. The molecule has 4 N–H and O–H groups in total. The predicted octanol–water partition coefficient (Wildman–Crippen LogP) is 7.12. The zero-order chi connectivity index (χ0) is 40.5. The largest absolute Gasteiger partial charge is 0.481 e. The van der Waals surface area contributed by atoms with E-state index in [4.69, 9.17) is 10.5 Å². The number of hydrogen-bond donors (Lipinski definition) is 3. The van der Waals surface area contributed by atoms with Crippen LogP contribution in [0.1, 0.15) is 132 Å². The normalized spacial score (nSPS) is 36.1. The molecule has 4 saturated carbocycles. The van der Waals surface area contributed by atoms with E-state index in [9.17, 15) is 29.4 Å². The van der Waals surface area contributed by atoms with Crippen molar-refractivity contribution in [3.63, 3.8) is 0 Å². The Morgan fingerprint density at radius 1 is 0.982 bits per heavy atom. The minimum atomic E-state index is -1.18. The van der Waals surface area contributed by atoms with Gasteiger partial charge >= 0.3 is 11.9 Å². The lowest BCUT2D eigenvalue weighted by atomic mass is 9.33. The number of ketones is 1. The maximum absolute atomic E-state index is 14.2. The van der Waals surface area contributed by atoms with Crippen molar-refractivity contribution in [1.29, 1.82) is 0 Å². The smallest absolute Gasteiger partial charge is 0.309 e. The van der Waals surface area contributed by atoms with Crippen molar-refractivity contribution in [3.05, 3.63) is 41.2 Å². The Labute approximate surface area is 328 Å². The first-order valence-corrected chi connectivity index (χ1v) is 20.8. The van der Waals surface area contributed by atoms with E-state index in [0.29, 0.717) is 31.2 Å². The molecule has 10 heteroatoms. The fraction of sp³-hybridized carbons (Fsp3) is 0.756. The Hall–Kier alpha value is -3.11. The van der Waals surface area contributed by atoms with E-state index >= 15 is 0 Å². The van der Waals surface area contributed by atoms with Gasteiger partial charge in [0, 0.05) is 36.5 Å². The van der Waals surface area contributed by atoms with Crippen LogP contribution in [0, 0.1) is 56.2 Å². The Morgan fingerprint density at radius 2 is 1.69 bits per heavy atom.